The Balaban J connectivity index is 1.79. The monoisotopic (exact) mass is 337 g/mol. The van der Waals surface area contributed by atoms with Crippen LogP contribution >= 0.6 is 0 Å². The molecule has 6 nitrogen and oxygen atoms in total. The zero-order valence-electron chi connectivity index (χ0n) is 14.9. The largest absolute Gasteiger partial charge is 0.467 e. The zero-order valence-corrected chi connectivity index (χ0v) is 14.9. The molecule has 1 unspecified atom stereocenters. The number of nitrogens with zero attached hydrogens (tertiary/aromatic N) is 5. The van der Waals surface area contributed by atoms with Gasteiger partial charge in [-0.1, -0.05) is 12.1 Å². The summed E-state index contributed by atoms with van der Waals surface area (Å²) in [6.07, 6.45) is 2.21. The molecular formula is C19H23N5O. The van der Waals surface area contributed by atoms with E-state index in [1.54, 1.807) is 7.11 Å². The Morgan fingerprint density at radius 3 is 2.84 bits per heavy atom. The highest BCUT2D eigenvalue weighted by Gasteiger charge is 2.31. The Kier molecular flexibility index (Phi) is 4.03. The minimum Gasteiger partial charge on any atom is -0.467 e. The lowest BCUT2D eigenvalue weighted by atomic mass is 10.2. The molecule has 3 aromatic rings. The summed E-state index contributed by atoms with van der Waals surface area (Å²) in [5.41, 5.74) is 3.17. The fraction of sp³-hybridized carbons (Fsp3) is 0.421. The molecule has 1 aliphatic heterocycles. The molecule has 0 spiro atoms. The van der Waals surface area contributed by atoms with Gasteiger partial charge in [-0.3, -0.25) is 0 Å². The number of rotatable bonds is 4. The number of fused-ring (bicyclic) bond motifs is 1. The van der Waals surface area contributed by atoms with Gasteiger partial charge in [0.1, 0.15) is 11.6 Å². The van der Waals surface area contributed by atoms with E-state index in [1.807, 2.05) is 19.1 Å². The first-order chi connectivity index (χ1) is 12.2. The van der Waals surface area contributed by atoms with Crippen LogP contribution in [0.25, 0.3) is 11.0 Å². The number of methoxy groups -OCH3 is 1. The Morgan fingerprint density at radius 1 is 1.20 bits per heavy atom. The Bertz CT molecular complexity index is 904. The van der Waals surface area contributed by atoms with Gasteiger partial charge in [-0.05, 0) is 38.8 Å². The lowest BCUT2D eigenvalue weighted by Crippen LogP contribution is -2.26. The zero-order chi connectivity index (χ0) is 17.4. The van der Waals surface area contributed by atoms with Crippen LogP contribution in [-0.4, -0.2) is 33.2 Å². The molecule has 6 heteroatoms. The number of aryl methyl sites for hydroxylation is 2. The first kappa shape index (κ1) is 15.9. The predicted molar refractivity (Wildman–Crippen MR) is 98.0 cm³/mol. The smallest absolute Gasteiger partial charge is 0.318 e. The van der Waals surface area contributed by atoms with E-state index in [0.717, 1.165) is 48.8 Å². The molecule has 1 saturated heterocycles. The molecule has 0 bridgehead atoms. The highest BCUT2D eigenvalue weighted by Crippen LogP contribution is 2.36. The molecule has 3 heterocycles. The molecule has 4 rings (SSSR count). The van der Waals surface area contributed by atoms with Crippen molar-refractivity contribution in [2.45, 2.75) is 39.3 Å². The van der Waals surface area contributed by atoms with E-state index in [2.05, 4.69) is 44.6 Å². The number of anilines is 1. The van der Waals surface area contributed by atoms with Gasteiger partial charge < -0.3 is 14.2 Å². The average molecular weight is 337 g/mol. The van der Waals surface area contributed by atoms with Crippen LogP contribution in [0.4, 0.5) is 5.82 Å². The molecule has 130 valence electrons. The van der Waals surface area contributed by atoms with E-state index in [0.29, 0.717) is 6.01 Å². The summed E-state index contributed by atoms with van der Waals surface area (Å²) in [6, 6.07) is 11.0. The first-order valence-electron chi connectivity index (χ1n) is 8.82. The van der Waals surface area contributed by atoms with Crippen molar-refractivity contribution in [3.8, 4) is 6.01 Å². The minimum absolute atomic E-state index is 0.228. The lowest BCUT2D eigenvalue weighted by Gasteiger charge is -2.26. The first-order valence-corrected chi connectivity index (χ1v) is 8.82. The summed E-state index contributed by atoms with van der Waals surface area (Å²) in [7, 11) is 1.61. The summed E-state index contributed by atoms with van der Waals surface area (Å²) in [5, 5.41) is 0. The quantitative estimate of drug-likeness (QED) is 0.729. The highest BCUT2D eigenvalue weighted by molar-refractivity contribution is 5.76. The Morgan fingerprint density at radius 2 is 2.04 bits per heavy atom. The van der Waals surface area contributed by atoms with Crippen molar-refractivity contribution in [3.05, 3.63) is 41.9 Å². The molecule has 0 N–H and O–H groups in total. The van der Waals surface area contributed by atoms with Gasteiger partial charge in [-0.25, -0.2) is 9.97 Å². The van der Waals surface area contributed by atoms with E-state index in [9.17, 15) is 0 Å². The summed E-state index contributed by atoms with van der Waals surface area (Å²) in [5.74, 6) is 2.04. The third-order valence-electron chi connectivity index (χ3n) is 4.85. The van der Waals surface area contributed by atoms with Crippen LogP contribution in [0.15, 0.2) is 30.3 Å². The van der Waals surface area contributed by atoms with Gasteiger partial charge in [0.05, 0.1) is 24.2 Å². The number of imidazole rings is 1. The minimum atomic E-state index is 0.228. The van der Waals surface area contributed by atoms with Gasteiger partial charge in [0, 0.05) is 24.8 Å². The van der Waals surface area contributed by atoms with Crippen LogP contribution < -0.4 is 9.64 Å². The maximum atomic E-state index is 5.26. The van der Waals surface area contributed by atoms with Gasteiger partial charge in [0.15, 0.2) is 0 Å². The summed E-state index contributed by atoms with van der Waals surface area (Å²) < 4.78 is 7.58. The molecule has 0 saturated carbocycles. The molecule has 0 radical (unpaired) electrons. The molecule has 2 aromatic heterocycles. The molecule has 0 aliphatic carbocycles. The average Bonchev–Trinajstić information content (AvgIpc) is 3.24. The maximum Gasteiger partial charge on any atom is 0.318 e. The van der Waals surface area contributed by atoms with Crippen LogP contribution in [0.5, 0.6) is 6.01 Å². The third-order valence-corrected chi connectivity index (χ3v) is 4.85. The van der Waals surface area contributed by atoms with Crippen LogP contribution in [0.2, 0.25) is 0 Å². The maximum absolute atomic E-state index is 5.26. The van der Waals surface area contributed by atoms with Crippen molar-refractivity contribution in [2.24, 2.45) is 0 Å². The normalized spacial score (nSPS) is 17.4. The van der Waals surface area contributed by atoms with Crippen LogP contribution in [0.3, 0.4) is 0 Å². The molecular weight excluding hydrogens is 314 g/mol. The number of para-hydroxylation sites is 2. The number of hydrogen-bond donors (Lipinski definition) is 0. The SMILES string of the molecule is CCn1c(C2CCCN2c2cc(C)nc(OC)n2)nc2ccccc21. The van der Waals surface area contributed by atoms with Crippen LogP contribution in [0, 0.1) is 6.92 Å². The lowest BCUT2D eigenvalue weighted by molar-refractivity contribution is 0.378. The van der Waals surface area contributed by atoms with Gasteiger partial charge in [-0.2, -0.15) is 4.98 Å². The number of aromatic nitrogens is 4. The van der Waals surface area contributed by atoms with Crippen molar-refractivity contribution in [1.29, 1.82) is 0 Å². The number of ether oxygens (including phenoxy) is 1. The summed E-state index contributed by atoms with van der Waals surface area (Å²) >= 11 is 0. The fourth-order valence-corrected chi connectivity index (χ4v) is 3.75. The van der Waals surface area contributed by atoms with E-state index in [1.165, 1.54) is 5.52 Å². The predicted octanol–water partition coefficient (Wildman–Crippen LogP) is 3.50. The molecule has 1 atom stereocenters. The molecule has 25 heavy (non-hydrogen) atoms. The van der Waals surface area contributed by atoms with E-state index >= 15 is 0 Å². The van der Waals surface area contributed by atoms with Crippen molar-refractivity contribution in [1.82, 2.24) is 19.5 Å². The summed E-state index contributed by atoms with van der Waals surface area (Å²) in [6.45, 7) is 6.03. The van der Waals surface area contributed by atoms with Gasteiger partial charge in [0.2, 0.25) is 0 Å². The standard InChI is InChI=1S/C19H23N5O/c1-4-23-15-9-6-5-8-14(15)21-18(23)16-10-7-11-24(16)17-12-13(2)20-19(22-17)25-3/h5-6,8-9,12,16H,4,7,10-11H2,1-3H3. The second-order valence-corrected chi connectivity index (χ2v) is 6.41. The summed E-state index contributed by atoms with van der Waals surface area (Å²) in [4.78, 5) is 16.2. The van der Waals surface area contributed by atoms with Crippen LogP contribution in [0.1, 0.15) is 37.3 Å². The van der Waals surface area contributed by atoms with Gasteiger partial charge >= 0.3 is 6.01 Å². The number of hydrogen-bond acceptors (Lipinski definition) is 5. The van der Waals surface area contributed by atoms with Gasteiger partial charge in [-0.15, -0.1) is 0 Å². The second kappa shape index (κ2) is 6.35. The number of benzene rings is 1. The topological polar surface area (TPSA) is 56.1 Å². The molecule has 1 fully saturated rings. The highest BCUT2D eigenvalue weighted by atomic mass is 16.5. The molecule has 0 amide bonds. The van der Waals surface area contributed by atoms with E-state index in [-0.39, 0.29) is 6.04 Å². The van der Waals surface area contributed by atoms with E-state index in [4.69, 9.17) is 9.72 Å². The fourth-order valence-electron chi connectivity index (χ4n) is 3.75. The third kappa shape index (κ3) is 2.71. The second-order valence-electron chi connectivity index (χ2n) is 6.41. The van der Waals surface area contributed by atoms with Crippen molar-refractivity contribution in [3.63, 3.8) is 0 Å². The van der Waals surface area contributed by atoms with E-state index < -0.39 is 0 Å². The Labute approximate surface area is 147 Å². The van der Waals surface area contributed by atoms with Crippen molar-refractivity contribution < 1.29 is 4.74 Å². The van der Waals surface area contributed by atoms with Crippen molar-refractivity contribution in [2.75, 3.05) is 18.6 Å². The molecule has 1 aliphatic rings. The van der Waals surface area contributed by atoms with Crippen molar-refractivity contribution >= 4 is 16.9 Å². The Hall–Kier alpha value is -2.63. The van der Waals surface area contributed by atoms with Gasteiger partial charge in [0.25, 0.3) is 0 Å². The van der Waals surface area contributed by atoms with Crippen LogP contribution in [-0.2, 0) is 6.54 Å². The molecule has 1 aromatic carbocycles.